The third kappa shape index (κ3) is 3.76. The smallest absolute Gasteiger partial charge is 0.277 e. The first kappa shape index (κ1) is 15.7. The normalized spacial score (nSPS) is 12.3. The van der Waals surface area contributed by atoms with Crippen molar-refractivity contribution in [2.24, 2.45) is 0 Å². The van der Waals surface area contributed by atoms with Gasteiger partial charge in [-0.1, -0.05) is 48.2 Å². The Morgan fingerprint density at radius 1 is 1.00 bits per heavy atom. The molecule has 3 nitrogen and oxygen atoms in total. The van der Waals surface area contributed by atoms with E-state index in [1.165, 1.54) is 23.9 Å². The zero-order valence-corrected chi connectivity index (χ0v) is 13.2. The molecule has 6 heteroatoms. The van der Waals surface area contributed by atoms with Crippen LogP contribution in [-0.2, 0) is 6.42 Å². The summed E-state index contributed by atoms with van der Waals surface area (Å²) in [5.41, 5.74) is 1.07. The molecule has 3 aromatic rings. The Labute approximate surface area is 136 Å². The van der Waals surface area contributed by atoms with Crippen molar-refractivity contribution >= 4 is 11.8 Å². The van der Waals surface area contributed by atoms with E-state index in [9.17, 15) is 8.78 Å². The van der Waals surface area contributed by atoms with Crippen LogP contribution in [0, 0.1) is 11.6 Å². The predicted molar refractivity (Wildman–Crippen MR) is 84.2 cm³/mol. The summed E-state index contributed by atoms with van der Waals surface area (Å²) in [7, 11) is 0. The second-order valence-electron chi connectivity index (χ2n) is 5.01. The van der Waals surface area contributed by atoms with Crippen LogP contribution in [-0.4, -0.2) is 10.2 Å². The first-order valence-corrected chi connectivity index (χ1v) is 7.98. The minimum atomic E-state index is -0.306. The van der Waals surface area contributed by atoms with Gasteiger partial charge in [0, 0.05) is 10.8 Å². The minimum Gasteiger partial charge on any atom is -0.416 e. The van der Waals surface area contributed by atoms with Gasteiger partial charge >= 0.3 is 0 Å². The summed E-state index contributed by atoms with van der Waals surface area (Å²) < 4.78 is 32.9. The number of nitrogens with zero attached hydrogens (tertiary/aromatic N) is 2. The summed E-state index contributed by atoms with van der Waals surface area (Å²) in [5, 5.41) is 8.03. The quantitative estimate of drug-likeness (QED) is 0.630. The van der Waals surface area contributed by atoms with Crippen molar-refractivity contribution in [3.05, 3.63) is 77.2 Å². The van der Waals surface area contributed by atoms with Gasteiger partial charge in [0.05, 0.1) is 6.42 Å². The standard InChI is InChI=1S/C17H14F2N2OS/c1-11(13-7-3-5-9-15(13)19)23-17-21-20-16(22-17)10-12-6-2-4-8-14(12)18/h2-9,11H,10H2,1H3. The van der Waals surface area contributed by atoms with E-state index in [-0.39, 0.29) is 23.3 Å². The van der Waals surface area contributed by atoms with Crippen molar-refractivity contribution < 1.29 is 13.2 Å². The van der Waals surface area contributed by atoms with Crippen LogP contribution in [0.4, 0.5) is 8.78 Å². The van der Waals surface area contributed by atoms with Crippen molar-refractivity contribution in [3.63, 3.8) is 0 Å². The van der Waals surface area contributed by atoms with Gasteiger partial charge in [-0.2, -0.15) is 0 Å². The Bertz CT molecular complexity index is 807. The highest BCUT2D eigenvalue weighted by molar-refractivity contribution is 7.99. The van der Waals surface area contributed by atoms with Gasteiger partial charge in [-0.25, -0.2) is 8.78 Å². The fourth-order valence-corrected chi connectivity index (χ4v) is 3.03. The number of aromatic nitrogens is 2. The molecule has 3 rings (SSSR count). The lowest BCUT2D eigenvalue weighted by Gasteiger charge is -2.09. The van der Waals surface area contributed by atoms with E-state index in [4.69, 9.17) is 4.42 Å². The Kier molecular flexibility index (Phi) is 4.71. The third-order valence-corrected chi connectivity index (χ3v) is 4.34. The second kappa shape index (κ2) is 6.91. The maximum Gasteiger partial charge on any atom is 0.277 e. The average Bonchev–Trinajstić information content (AvgIpc) is 2.97. The van der Waals surface area contributed by atoms with Crippen LogP contribution in [0.15, 0.2) is 58.2 Å². The van der Waals surface area contributed by atoms with E-state index < -0.39 is 0 Å². The summed E-state index contributed by atoms with van der Waals surface area (Å²) in [6.45, 7) is 1.86. The van der Waals surface area contributed by atoms with Crippen LogP contribution in [0.5, 0.6) is 0 Å². The first-order valence-electron chi connectivity index (χ1n) is 7.10. The lowest BCUT2D eigenvalue weighted by Crippen LogP contribution is -1.92. The molecule has 0 aliphatic carbocycles. The van der Waals surface area contributed by atoms with Gasteiger partial charge in [-0.05, 0) is 24.6 Å². The zero-order chi connectivity index (χ0) is 16.2. The molecular formula is C17H14F2N2OS. The van der Waals surface area contributed by atoms with Gasteiger partial charge in [-0.15, -0.1) is 10.2 Å². The second-order valence-corrected chi connectivity index (χ2v) is 6.30. The Morgan fingerprint density at radius 3 is 2.43 bits per heavy atom. The summed E-state index contributed by atoms with van der Waals surface area (Å²) >= 11 is 1.27. The molecule has 118 valence electrons. The minimum absolute atomic E-state index is 0.169. The lowest BCUT2D eigenvalue weighted by atomic mass is 10.1. The molecule has 0 aliphatic heterocycles. The largest absolute Gasteiger partial charge is 0.416 e. The van der Waals surface area contributed by atoms with E-state index in [0.29, 0.717) is 22.2 Å². The maximum absolute atomic E-state index is 13.8. The molecule has 23 heavy (non-hydrogen) atoms. The van der Waals surface area contributed by atoms with Crippen LogP contribution < -0.4 is 0 Å². The first-order chi connectivity index (χ1) is 11.1. The SMILES string of the molecule is CC(Sc1nnc(Cc2ccccc2F)o1)c1ccccc1F. The van der Waals surface area contributed by atoms with Crippen molar-refractivity contribution in [2.75, 3.05) is 0 Å². The molecule has 2 aromatic carbocycles. The summed E-state index contributed by atoms with van der Waals surface area (Å²) in [4.78, 5) is 0. The number of rotatable bonds is 5. The lowest BCUT2D eigenvalue weighted by molar-refractivity contribution is 0.417. The molecule has 0 bridgehead atoms. The van der Waals surface area contributed by atoms with Gasteiger partial charge in [0.15, 0.2) is 0 Å². The van der Waals surface area contributed by atoms with Crippen molar-refractivity contribution in [1.29, 1.82) is 0 Å². The van der Waals surface area contributed by atoms with Crippen LogP contribution in [0.1, 0.15) is 29.2 Å². The predicted octanol–water partition coefficient (Wildman–Crippen LogP) is 4.79. The number of thioether (sulfide) groups is 1. The van der Waals surface area contributed by atoms with E-state index >= 15 is 0 Å². The molecule has 1 atom stereocenters. The van der Waals surface area contributed by atoms with Crippen LogP contribution >= 0.6 is 11.8 Å². The highest BCUT2D eigenvalue weighted by Gasteiger charge is 2.16. The summed E-state index contributed by atoms with van der Waals surface area (Å²) in [6, 6.07) is 13.0. The molecule has 0 saturated carbocycles. The van der Waals surface area contributed by atoms with Crippen LogP contribution in [0.3, 0.4) is 0 Å². The van der Waals surface area contributed by atoms with Crippen molar-refractivity contribution in [3.8, 4) is 0 Å². The monoisotopic (exact) mass is 332 g/mol. The van der Waals surface area contributed by atoms with Gasteiger partial charge in [0.1, 0.15) is 11.6 Å². The molecule has 0 spiro atoms. The molecule has 1 aromatic heterocycles. The van der Waals surface area contributed by atoms with E-state index in [2.05, 4.69) is 10.2 Å². The molecule has 0 N–H and O–H groups in total. The van der Waals surface area contributed by atoms with Gasteiger partial charge in [-0.3, -0.25) is 0 Å². The average molecular weight is 332 g/mol. The molecule has 1 heterocycles. The van der Waals surface area contributed by atoms with Crippen molar-refractivity contribution in [1.82, 2.24) is 10.2 Å². The Morgan fingerprint density at radius 2 is 1.70 bits per heavy atom. The van der Waals surface area contributed by atoms with E-state index in [1.807, 2.05) is 6.92 Å². The van der Waals surface area contributed by atoms with E-state index in [0.717, 1.165) is 0 Å². The maximum atomic E-state index is 13.8. The fourth-order valence-electron chi connectivity index (χ4n) is 2.18. The van der Waals surface area contributed by atoms with Crippen molar-refractivity contribution in [2.45, 2.75) is 23.8 Å². The summed E-state index contributed by atoms with van der Waals surface area (Å²) in [6.07, 6.45) is 0.230. The van der Waals surface area contributed by atoms with Crippen LogP contribution in [0.2, 0.25) is 0 Å². The number of halogens is 2. The van der Waals surface area contributed by atoms with Gasteiger partial charge < -0.3 is 4.42 Å². The van der Waals surface area contributed by atoms with Gasteiger partial charge in [0.2, 0.25) is 5.89 Å². The van der Waals surface area contributed by atoms with Crippen LogP contribution in [0.25, 0.3) is 0 Å². The zero-order valence-electron chi connectivity index (χ0n) is 12.4. The Balaban J connectivity index is 1.70. The van der Waals surface area contributed by atoms with Gasteiger partial charge in [0.25, 0.3) is 5.22 Å². The third-order valence-electron chi connectivity index (χ3n) is 3.37. The molecular weight excluding hydrogens is 318 g/mol. The molecule has 1 unspecified atom stereocenters. The van der Waals surface area contributed by atoms with E-state index in [1.54, 1.807) is 36.4 Å². The number of hydrogen-bond acceptors (Lipinski definition) is 4. The molecule has 0 radical (unpaired) electrons. The molecule has 0 saturated heterocycles. The molecule has 0 fully saturated rings. The molecule has 0 amide bonds. The number of hydrogen-bond donors (Lipinski definition) is 0. The number of benzene rings is 2. The summed E-state index contributed by atoms with van der Waals surface area (Å²) in [5.74, 6) is -0.239. The Hall–Kier alpha value is -2.21. The highest BCUT2D eigenvalue weighted by Crippen LogP contribution is 2.35. The fraction of sp³-hybridized carbons (Fsp3) is 0.176. The highest BCUT2D eigenvalue weighted by atomic mass is 32.2. The molecule has 0 aliphatic rings. The topological polar surface area (TPSA) is 38.9 Å².